The number of hydrogen-bond donors (Lipinski definition) is 1. The lowest BCUT2D eigenvalue weighted by Crippen LogP contribution is -2.49. The van der Waals surface area contributed by atoms with Gasteiger partial charge in [-0.25, -0.2) is 4.98 Å². The molecule has 1 fully saturated rings. The lowest BCUT2D eigenvalue weighted by Gasteiger charge is -2.35. The number of carbonyl (C=O) groups is 2. The zero-order valence-corrected chi connectivity index (χ0v) is 18.7. The van der Waals surface area contributed by atoms with Gasteiger partial charge in [-0.3, -0.25) is 9.59 Å². The van der Waals surface area contributed by atoms with E-state index in [1.165, 1.54) is 0 Å². The van der Waals surface area contributed by atoms with E-state index in [2.05, 4.69) is 15.2 Å². The SMILES string of the molecule is O=C(Nc1cccc(C(=O)N2CCN(c3ccc(Cl)cn3)CC2)c1)C1Cc2ccccc2O1. The summed E-state index contributed by atoms with van der Waals surface area (Å²) in [6.07, 6.45) is 1.59. The van der Waals surface area contributed by atoms with Gasteiger partial charge < -0.3 is 19.9 Å². The average Bonchev–Trinajstić information content (AvgIpc) is 3.29. The Labute approximate surface area is 196 Å². The maximum Gasteiger partial charge on any atom is 0.265 e. The van der Waals surface area contributed by atoms with Gasteiger partial charge in [0.2, 0.25) is 0 Å². The van der Waals surface area contributed by atoms with Crippen LogP contribution < -0.4 is 15.0 Å². The number of fused-ring (bicyclic) bond motifs is 1. The first-order chi connectivity index (χ1) is 16.1. The Hall–Kier alpha value is -3.58. The van der Waals surface area contributed by atoms with Gasteiger partial charge in [0.15, 0.2) is 6.10 Å². The third-order valence-electron chi connectivity index (χ3n) is 5.92. The summed E-state index contributed by atoms with van der Waals surface area (Å²) >= 11 is 5.92. The molecule has 1 atom stereocenters. The van der Waals surface area contributed by atoms with Crippen LogP contribution >= 0.6 is 11.6 Å². The maximum atomic E-state index is 13.1. The minimum absolute atomic E-state index is 0.0562. The van der Waals surface area contributed by atoms with Gasteiger partial charge >= 0.3 is 0 Å². The Morgan fingerprint density at radius 1 is 1.00 bits per heavy atom. The Kier molecular flexibility index (Phi) is 5.88. The van der Waals surface area contributed by atoms with Crippen molar-refractivity contribution in [2.24, 2.45) is 0 Å². The van der Waals surface area contributed by atoms with Crippen LogP contribution in [0.3, 0.4) is 0 Å². The number of anilines is 2. The molecule has 3 aromatic rings. The number of aromatic nitrogens is 1. The van der Waals surface area contributed by atoms with E-state index in [1.54, 1.807) is 30.5 Å². The summed E-state index contributed by atoms with van der Waals surface area (Å²) in [6.45, 7) is 2.56. The van der Waals surface area contributed by atoms with E-state index in [-0.39, 0.29) is 11.8 Å². The number of ether oxygens (including phenoxy) is 1. The number of benzene rings is 2. The molecule has 1 unspecified atom stereocenters. The van der Waals surface area contributed by atoms with Gasteiger partial charge in [0.05, 0.1) is 5.02 Å². The fraction of sp³-hybridized carbons (Fsp3) is 0.240. The highest BCUT2D eigenvalue weighted by Crippen LogP contribution is 2.29. The molecule has 2 aromatic carbocycles. The largest absolute Gasteiger partial charge is 0.480 e. The number of amides is 2. The Balaban J connectivity index is 1.19. The van der Waals surface area contributed by atoms with Crippen molar-refractivity contribution in [3.8, 4) is 5.75 Å². The van der Waals surface area contributed by atoms with Crippen LogP contribution in [0.4, 0.5) is 11.5 Å². The summed E-state index contributed by atoms with van der Waals surface area (Å²) in [5, 5.41) is 3.49. The van der Waals surface area contributed by atoms with Crippen molar-refractivity contribution < 1.29 is 14.3 Å². The van der Waals surface area contributed by atoms with Crippen molar-refractivity contribution >= 4 is 34.9 Å². The second-order valence-corrected chi connectivity index (χ2v) is 8.54. The minimum Gasteiger partial charge on any atom is -0.480 e. The van der Waals surface area contributed by atoms with Crippen molar-refractivity contribution in [3.05, 3.63) is 83.0 Å². The molecule has 8 heteroatoms. The number of carbonyl (C=O) groups excluding carboxylic acids is 2. The number of nitrogens with zero attached hydrogens (tertiary/aromatic N) is 3. The van der Waals surface area contributed by atoms with Crippen LogP contribution in [0.5, 0.6) is 5.75 Å². The van der Waals surface area contributed by atoms with Crippen LogP contribution in [0.1, 0.15) is 15.9 Å². The fourth-order valence-corrected chi connectivity index (χ4v) is 4.27. The van der Waals surface area contributed by atoms with E-state index in [0.29, 0.717) is 48.9 Å². The van der Waals surface area contributed by atoms with Crippen LogP contribution in [-0.2, 0) is 11.2 Å². The number of rotatable bonds is 4. The third kappa shape index (κ3) is 4.64. The van der Waals surface area contributed by atoms with E-state index in [1.807, 2.05) is 41.3 Å². The van der Waals surface area contributed by atoms with Crippen molar-refractivity contribution in [1.29, 1.82) is 0 Å². The number of pyridine rings is 1. The van der Waals surface area contributed by atoms with Crippen molar-refractivity contribution in [3.63, 3.8) is 0 Å². The molecule has 7 nitrogen and oxygen atoms in total. The third-order valence-corrected chi connectivity index (χ3v) is 6.14. The molecule has 2 aliphatic heterocycles. The first kappa shape index (κ1) is 21.3. The molecule has 3 heterocycles. The van der Waals surface area contributed by atoms with Gasteiger partial charge in [-0.05, 0) is 42.0 Å². The number of nitrogens with one attached hydrogen (secondary N) is 1. The molecule has 0 saturated carbocycles. The molecular weight excluding hydrogens is 440 g/mol. The van der Waals surface area contributed by atoms with E-state index in [0.717, 1.165) is 17.1 Å². The number of hydrogen-bond acceptors (Lipinski definition) is 5. The van der Waals surface area contributed by atoms with E-state index in [4.69, 9.17) is 16.3 Å². The molecule has 2 aliphatic rings. The summed E-state index contributed by atoms with van der Waals surface area (Å²) in [5.41, 5.74) is 2.14. The molecule has 0 spiro atoms. The van der Waals surface area contributed by atoms with Gasteiger partial charge in [-0.15, -0.1) is 0 Å². The van der Waals surface area contributed by atoms with Gasteiger partial charge in [0, 0.05) is 50.0 Å². The first-order valence-electron chi connectivity index (χ1n) is 10.9. The fourth-order valence-electron chi connectivity index (χ4n) is 4.16. The zero-order chi connectivity index (χ0) is 22.8. The molecule has 168 valence electrons. The topological polar surface area (TPSA) is 74.8 Å². The quantitative estimate of drug-likeness (QED) is 0.640. The van der Waals surface area contributed by atoms with Crippen LogP contribution in [0.15, 0.2) is 66.9 Å². The molecule has 1 saturated heterocycles. The van der Waals surface area contributed by atoms with Crippen LogP contribution in [0, 0.1) is 0 Å². The second-order valence-electron chi connectivity index (χ2n) is 8.10. The van der Waals surface area contributed by atoms with Crippen LogP contribution in [-0.4, -0.2) is 54.0 Å². The molecular formula is C25H23ClN4O3. The normalized spacial score (nSPS) is 17.3. The number of halogens is 1. The molecule has 0 bridgehead atoms. The average molecular weight is 463 g/mol. The Bertz CT molecular complexity index is 1150. The van der Waals surface area contributed by atoms with Crippen LogP contribution in [0.2, 0.25) is 5.02 Å². The molecule has 0 aliphatic carbocycles. The highest BCUT2D eigenvalue weighted by Gasteiger charge is 2.29. The Morgan fingerprint density at radius 3 is 2.58 bits per heavy atom. The van der Waals surface area contributed by atoms with E-state index < -0.39 is 6.10 Å². The van der Waals surface area contributed by atoms with Gasteiger partial charge in [-0.1, -0.05) is 35.9 Å². The van der Waals surface area contributed by atoms with E-state index in [9.17, 15) is 9.59 Å². The summed E-state index contributed by atoms with van der Waals surface area (Å²) in [4.78, 5) is 34.1. The molecule has 33 heavy (non-hydrogen) atoms. The predicted molar refractivity (Wildman–Crippen MR) is 127 cm³/mol. The molecule has 1 aromatic heterocycles. The second kappa shape index (κ2) is 9.11. The predicted octanol–water partition coefficient (Wildman–Crippen LogP) is 3.64. The molecule has 1 N–H and O–H groups in total. The summed E-state index contributed by atoms with van der Waals surface area (Å²) in [7, 11) is 0. The lowest BCUT2D eigenvalue weighted by atomic mass is 10.1. The maximum absolute atomic E-state index is 13.1. The standard InChI is InChI=1S/C25H23ClN4O3/c26-19-8-9-23(27-16-19)29-10-12-30(13-11-29)25(32)18-5-3-6-20(14-18)28-24(31)22-15-17-4-1-2-7-21(17)33-22/h1-9,14,16,22H,10-13,15H2,(H,28,31). The molecule has 0 radical (unpaired) electrons. The van der Waals surface area contributed by atoms with Gasteiger partial charge in [0.1, 0.15) is 11.6 Å². The minimum atomic E-state index is -0.573. The van der Waals surface area contributed by atoms with Gasteiger partial charge in [0.25, 0.3) is 11.8 Å². The number of piperazine rings is 1. The Morgan fingerprint density at radius 2 is 1.82 bits per heavy atom. The van der Waals surface area contributed by atoms with Crippen molar-refractivity contribution in [2.45, 2.75) is 12.5 Å². The number of para-hydroxylation sites is 1. The van der Waals surface area contributed by atoms with Crippen LogP contribution in [0.25, 0.3) is 0 Å². The molecule has 2 amide bonds. The lowest BCUT2D eigenvalue weighted by molar-refractivity contribution is -0.122. The van der Waals surface area contributed by atoms with Crippen molar-refractivity contribution in [2.75, 3.05) is 36.4 Å². The highest BCUT2D eigenvalue weighted by atomic mass is 35.5. The summed E-state index contributed by atoms with van der Waals surface area (Å²) in [5.74, 6) is 1.32. The van der Waals surface area contributed by atoms with Gasteiger partial charge in [-0.2, -0.15) is 0 Å². The first-order valence-corrected chi connectivity index (χ1v) is 11.3. The molecule has 5 rings (SSSR count). The van der Waals surface area contributed by atoms with E-state index >= 15 is 0 Å². The smallest absolute Gasteiger partial charge is 0.265 e. The zero-order valence-electron chi connectivity index (χ0n) is 17.9. The summed E-state index contributed by atoms with van der Waals surface area (Å²) in [6, 6.07) is 18.4. The van der Waals surface area contributed by atoms with Crippen molar-refractivity contribution in [1.82, 2.24) is 9.88 Å². The monoisotopic (exact) mass is 462 g/mol. The highest BCUT2D eigenvalue weighted by molar-refractivity contribution is 6.30. The summed E-state index contributed by atoms with van der Waals surface area (Å²) < 4.78 is 5.76.